The molecule has 0 saturated carbocycles. The lowest BCUT2D eigenvalue weighted by atomic mass is 10.1. The second-order valence-electron chi connectivity index (χ2n) is 3.97. The third kappa shape index (κ3) is 1.64. The van der Waals surface area contributed by atoms with Crippen molar-refractivity contribution < 1.29 is 9.90 Å². The molecule has 4 heteroatoms. The molecule has 88 valence electrons. The number of carboxylic acids is 1. The fourth-order valence-electron chi connectivity index (χ4n) is 1.95. The van der Waals surface area contributed by atoms with Gasteiger partial charge in [0.1, 0.15) is 5.65 Å². The molecule has 3 aromatic rings. The zero-order chi connectivity index (χ0) is 12.5. The number of carbonyl (C=O) groups is 1. The largest absolute Gasteiger partial charge is 0.478 e. The molecule has 2 N–H and O–H groups in total. The Morgan fingerprint density at radius 2 is 1.89 bits per heavy atom. The minimum Gasteiger partial charge on any atom is -0.478 e. The number of pyridine rings is 1. The number of hydrogen-bond donors (Lipinski definition) is 2. The van der Waals surface area contributed by atoms with E-state index in [1.165, 1.54) is 6.20 Å². The average Bonchev–Trinajstić information content (AvgIpc) is 2.82. The molecule has 0 aliphatic heterocycles. The minimum absolute atomic E-state index is 0.247. The molecule has 0 atom stereocenters. The molecule has 0 fully saturated rings. The maximum Gasteiger partial charge on any atom is 0.337 e. The Balaban J connectivity index is 2.16. The number of rotatable bonds is 2. The Kier molecular flexibility index (Phi) is 2.34. The topological polar surface area (TPSA) is 66.0 Å². The number of hydrogen-bond acceptors (Lipinski definition) is 2. The van der Waals surface area contributed by atoms with Crippen molar-refractivity contribution in [1.29, 1.82) is 0 Å². The van der Waals surface area contributed by atoms with Crippen LogP contribution in [0.2, 0.25) is 0 Å². The Hall–Kier alpha value is -2.62. The molecule has 18 heavy (non-hydrogen) atoms. The van der Waals surface area contributed by atoms with Crippen molar-refractivity contribution in [1.82, 2.24) is 9.97 Å². The predicted octanol–water partition coefficient (Wildman–Crippen LogP) is 2.93. The molecule has 0 aliphatic rings. The number of aromatic nitrogens is 2. The summed E-state index contributed by atoms with van der Waals surface area (Å²) in [5.74, 6) is -0.949. The lowest BCUT2D eigenvalue weighted by Crippen LogP contribution is -1.93. The van der Waals surface area contributed by atoms with Gasteiger partial charge in [0.15, 0.2) is 0 Å². The first-order valence-corrected chi connectivity index (χ1v) is 5.52. The van der Waals surface area contributed by atoms with Gasteiger partial charge in [-0.3, -0.25) is 0 Å². The highest BCUT2D eigenvalue weighted by Gasteiger charge is 2.11. The van der Waals surface area contributed by atoms with Gasteiger partial charge in [-0.15, -0.1) is 0 Å². The van der Waals surface area contributed by atoms with Crippen molar-refractivity contribution in [2.75, 3.05) is 0 Å². The molecule has 0 aliphatic carbocycles. The van der Waals surface area contributed by atoms with E-state index in [-0.39, 0.29) is 5.56 Å². The van der Waals surface area contributed by atoms with Crippen molar-refractivity contribution in [2.24, 2.45) is 0 Å². The Morgan fingerprint density at radius 1 is 1.11 bits per heavy atom. The minimum atomic E-state index is -0.949. The van der Waals surface area contributed by atoms with Gasteiger partial charge in [-0.25, -0.2) is 9.78 Å². The van der Waals surface area contributed by atoms with Crippen molar-refractivity contribution in [3.05, 3.63) is 54.2 Å². The van der Waals surface area contributed by atoms with Crippen molar-refractivity contribution in [3.63, 3.8) is 0 Å². The van der Waals surface area contributed by atoms with E-state index in [1.54, 1.807) is 6.07 Å². The zero-order valence-corrected chi connectivity index (χ0v) is 9.42. The number of nitrogens with one attached hydrogen (secondary N) is 1. The summed E-state index contributed by atoms with van der Waals surface area (Å²) in [7, 11) is 0. The molecule has 4 nitrogen and oxygen atoms in total. The van der Waals surface area contributed by atoms with Crippen LogP contribution in [0.15, 0.2) is 48.7 Å². The van der Waals surface area contributed by atoms with Crippen LogP contribution in [0.25, 0.3) is 22.3 Å². The number of aromatic amines is 1. The van der Waals surface area contributed by atoms with E-state index in [0.29, 0.717) is 11.0 Å². The summed E-state index contributed by atoms with van der Waals surface area (Å²) in [6.45, 7) is 0. The molecule has 0 saturated heterocycles. The summed E-state index contributed by atoms with van der Waals surface area (Å²) in [6.07, 6.45) is 1.47. The van der Waals surface area contributed by atoms with Gasteiger partial charge < -0.3 is 10.1 Å². The van der Waals surface area contributed by atoms with E-state index in [0.717, 1.165) is 11.3 Å². The Bertz CT molecular complexity index is 717. The number of benzene rings is 1. The average molecular weight is 238 g/mol. The number of fused-ring (bicyclic) bond motifs is 1. The molecule has 0 radical (unpaired) electrons. The van der Waals surface area contributed by atoms with Gasteiger partial charge in [-0.05, 0) is 12.1 Å². The van der Waals surface area contributed by atoms with E-state index in [2.05, 4.69) is 9.97 Å². The van der Waals surface area contributed by atoms with E-state index >= 15 is 0 Å². The van der Waals surface area contributed by atoms with E-state index in [1.807, 2.05) is 36.4 Å². The van der Waals surface area contributed by atoms with E-state index in [9.17, 15) is 4.79 Å². The highest BCUT2D eigenvalue weighted by atomic mass is 16.4. The van der Waals surface area contributed by atoms with Gasteiger partial charge in [0, 0.05) is 17.1 Å². The summed E-state index contributed by atoms with van der Waals surface area (Å²) in [4.78, 5) is 18.3. The maximum absolute atomic E-state index is 11.0. The summed E-state index contributed by atoms with van der Waals surface area (Å²) in [5.41, 5.74) is 2.67. The first-order valence-electron chi connectivity index (χ1n) is 5.52. The number of carboxylic acid groups (broad SMARTS) is 1. The van der Waals surface area contributed by atoms with E-state index < -0.39 is 5.97 Å². The zero-order valence-electron chi connectivity index (χ0n) is 9.42. The van der Waals surface area contributed by atoms with Gasteiger partial charge in [-0.1, -0.05) is 30.3 Å². The predicted molar refractivity (Wildman–Crippen MR) is 68.5 cm³/mol. The highest BCUT2D eigenvalue weighted by molar-refractivity contribution is 6.02. The maximum atomic E-state index is 11.0. The van der Waals surface area contributed by atoms with Crippen LogP contribution in [-0.4, -0.2) is 21.0 Å². The summed E-state index contributed by atoms with van der Waals surface area (Å²) >= 11 is 0. The van der Waals surface area contributed by atoms with Crippen molar-refractivity contribution >= 4 is 17.0 Å². The van der Waals surface area contributed by atoms with Crippen LogP contribution in [0.5, 0.6) is 0 Å². The summed E-state index contributed by atoms with van der Waals surface area (Å²) in [6, 6.07) is 13.4. The third-order valence-electron chi connectivity index (χ3n) is 2.84. The molecule has 2 aromatic heterocycles. The SMILES string of the molecule is O=C(O)c1c[nH]c2nc(-c3ccccc3)ccc12. The van der Waals surface area contributed by atoms with Gasteiger partial charge in [-0.2, -0.15) is 0 Å². The lowest BCUT2D eigenvalue weighted by molar-refractivity contribution is 0.0699. The molecule has 0 amide bonds. The van der Waals surface area contributed by atoms with Crippen molar-refractivity contribution in [3.8, 4) is 11.3 Å². The first kappa shape index (κ1) is 10.5. The quantitative estimate of drug-likeness (QED) is 0.721. The van der Waals surface area contributed by atoms with Crippen LogP contribution in [0.1, 0.15) is 10.4 Å². The molecule has 0 bridgehead atoms. The van der Waals surface area contributed by atoms with Crippen LogP contribution in [-0.2, 0) is 0 Å². The van der Waals surface area contributed by atoms with E-state index in [4.69, 9.17) is 5.11 Å². The summed E-state index contributed by atoms with van der Waals surface area (Å²) in [5, 5.41) is 9.64. The van der Waals surface area contributed by atoms with Gasteiger partial charge in [0.25, 0.3) is 0 Å². The molecular formula is C14H10N2O2. The van der Waals surface area contributed by atoms with Crippen LogP contribution >= 0.6 is 0 Å². The van der Waals surface area contributed by atoms with Gasteiger partial charge in [0.2, 0.25) is 0 Å². The summed E-state index contributed by atoms with van der Waals surface area (Å²) < 4.78 is 0. The number of H-pyrrole nitrogens is 1. The van der Waals surface area contributed by atoms with Crippen LogP contribution in [0.3, 0.4) is 0 Å². The molecule has 0 unspecified atom stereocenters. The van der Waals surface area contributed by atoms with Gasteiger partial charge in [0.05, 0.1) is 11.3 Å². The lowest BCUT2D eigenvalue weighted by Gasteiger charge is -2.00. The van der Waals surface area contributed by atoms with Crippen LogP contribution < -0.4 is 0 Å². The molecule has 3 rings (SSSR count). The van der Waals surface area contributed by atoms with Crippen LogP contribution in [0, 0.1) is 0 Å². The Morgan fingerprint density at radius 3 is 2.61 bits per heavy atom. The van der Waals surface area contributed by atoms with Crippen molar-refractivity contribution in [2.45, 2.75) is 0 Å². The first-order chi connectivity index (χ1) is 8.75. The molecule has 2 heterocycles. The van der Waals surface area contributed by atoms with Gasteiger partial charge >= 0.3 is 5.97 Å². The fourth-order valence-corrected chi connectivity index (χ4v) is 1.95. The smallest absolute Gasteiger partial charge is 0.337 e. The standard InChI is InChI=1S/C14H10N2O2/c17-14(18)11-8-15-13-10(11)6-7-12(16-13)9-4-2-1-3-5-9/h1-8H,(H,15,16)(H,17,18). The van der Waals surface area contributed by atoms with Crippen LogP contribution in [0.4, 0.5) is 0 Å². The second-order valence-corrected chi connectivity index (χ2v) is 3.97. The molecule has 0 spiro atoms. The normalized spacial score (nSPS) is 10.7. The number of nitrogens with zero attached hydrogens (tertiary/aromatic N) is 1. The number of aromatic carboxylic acids is 1. The fraction of sp³-hybridized carbons (Fsp3) is 0. The molecular weight excluding hydrogens is 228 g/mol. The Labute approximate surface area is 103 Å². The third-order valence-corrected chi connectivity index (χ3v) is 2.84. The second kappa shape index (κ2) is 4.00. The highest BCUT2D eigenvalue weighted by Crippen LogP contribution is 2.22. The monoisotopic (exact) mass is 238 g/mol. The molecule has 1 aromatic carbocycles.